The first-order chi connectivity index (χ1) is 17.9. The minimum atomic E-state index is 0.353. The number of hydrogen-bond donors (Lipinski definition) is 4. The predicted molar refractivity (Wildman–Crippen MR) is 151 cm³/mol. The Labute approximate surface area is 222 Å². The number of hydrogen-bond acceptors (Lipinski definition) is 7. The maximum Gasteiger partial charge on any atom is 0.162 e. The normalized spacial score (nSPS) is 18.5. The molecule has 4 N–H and O–H groups in total. The number of ether oxygens (including phenoxy) is 1. The van der Waals surface area contributed by atoms with E-state index < -0.39 is 0 Å². The zero-order chi connectivity index (χ0) is 25.9. The lowest BCUT2D eigenvalue weighted by Crippen LogP contribution is -2.46. The lowest BCUT2D eigenvalue weighted by Gasteiger charge is -2.38. The molecule has 0 saturated carbocycles. The number of nitrogens with one attached hydrogen (secondary N) is 4. The maximum absolute atomic E-state index is 9.39. The van der Waals surface area contributed by atoms with E-state index in [0.29, 0.717) is 35.2 Å². The molecule has 1 aromatic carbocycles. The molecule has 1 aromatic heterocycles. The van der Waals surface area contributed by atoms with Crippen LogP contribution < -0.4 is 10.2 Å². The van der Waals surface area contributed by atoms with Crippen molar-refractivity contribution in [2.24, 2.45) is 7.05 Å². The first kappa shape index (κ1) is 25.5. The van der Waals surface area contributed by atoms with Gasteiger partial charge in [0, 0.05) is 74.5 Å². The van der Waals surface area contributed by atoms with Crippen LogP contribution in [0.4, 0.5) is 5.69 Å². The molecule has 3 aliphatic rings. The van der Waals surface area contributed by atoms with Gasteiger partial charge in [-0.3, -0.25) is 20.9 Å². The second kappa shape index (κ2) is 11.1. The van der Waals surface area contributed by atoms with Gasteiger partial charge in [0.1, 0.15) is 5.84 Å². The maximum atomic E-state index is 9.39. The number of benzene rings is 1. The zero-order valence-electron chi connectivity index (χ0n) is 21.6. The van der Waals surface area contributed by atoms with Gasteiger partial charge >= 0.3 is 0 Å². The molecule has 0 aliphatic carbocycles. The summed E-state index contributed by atoms with van der Waals surface area (Å²) in [6.45, 7) is 5.27. The number of aryl methyl sites for hydroxylation is 2. The Morgan fingerprint density at radius 3 is 2.65 bits per heavy atom. The van der Waals surface area contributed by atoms with Gasteiger partial charge < -0.3 is 19.9 Å². The molecule has 0 unspecified atom stereocenters. The standard InChI is InChI=1S/C27H36N8OS/c1-18(28)37-27(30)34-11-7-24(32-22-8-12-36-13-9-22)23(17-34)26(29)35-10-3-4-20-14-19(5-6-25(20)35)21-15-31-33(2)16-21/h5-6,14-16,22,28-30,32H,3-4,7-13,17H2,1-2H3. The number of rotatable bonds is 4. The largest absolute Gasteiger partial charge is 0.385 e. The highest BCUT2D eigenvalue weighted by Gasteiger charge is 2.30. The molecule has 0 atom stereocenters. The molecule has 5 rings (SSSR count). The average Bonchev–Trinajstić information content (AvgIpc) is 3.34. The van der Waals surface area contributed by atoms with E-state index in [0.717, 1.165) is 79.9 Å². The van der Waals surface area contributed by atoms with E-state index >= 15 is 0 Å². The summed E-state index contributed by atoms with van der Waals surface area (Å²) in [6.07, 6.45) is 8.60. The Hall–Kier alpha value is -3.11. The quantitative estimate of drug-likeness (QED) is 0.354. The Kier molecular flexibility index (Phi) is 7.66. The summed E-state index contributed by atoms with van der Waals surface area (Å²) in [7, 11) is 1.93. The van der Waals surface area contributed by atoms with Crippen LogP contribution in [0.5, 0.6) is 0 Å². The van der Waals surface area contributed by atoms with Crippen molar-refractivity contribution in [2.45, 2.75) is 45.1 Å². The Morgan fingerprint density at radius 2 is 1.92 bits per heavy atom. The van der Waals surface area contributed by atoms with Crippen LogP contribution in [0.3, 0.4) is 0 Å². The fraction of sp³-hybridized carbons (Fsp3) is 0.481. The summed E-state index contributed by atoms with van der Waals surface area (Å²) in [5.41, 5.74) is 6.68. The summed E-state index contributed by atoms with van der Waals surface area (Å²) >= 11 is 1.18. The van der Waals surface area contributed by atoms with E-state index in [9.17, 15) is 5.41 Å². The Balaban J connectivity index is 1.43. The number of aromatic nitrogens is 2. The molecule has 1 fully saturated rings. The zero-order valence-corrected chi connectivity index (χ0v) is 22.5. The molecule has 3 aliphatic heterocycles. The van der Waals surface area contributed by atoms with Gasteiger partial charge in [-0.05, 0) is 67.6 Å². The van der Waals surface area contributed by atoms with Crippen LogP contribution >= 0.6 is 11.8 Å². The number of amidine groups is 2. The highest BCUT2D eigenvalue weighted by atomic mass is 32.2. The fourth-order valence-corrected chi connectivity index (χ4v) is 5.93. The van der Waals surface area contributed by atoms with Crippen LogP contribution in [-0.2, 0) is 18.2 Å². The van der Waals surface area contributed by atoms with Gasteiger partial charge in [-0.2, -0.15) is 5.10 Å². The molecular weight excluding hydrogens is 484 g/mol. The van der Waals surface area contributed by atoms with Crippen molar-refractivity contribution < 1.29 is 4.74 Å². The predicted octanol–water partition coefficient (Wildman–Crippen LogP) is 4.21. The monoisotopic (exact) mass is 520 g/mol. The third-order valence-electron chi connectivity index (χ3n) is 7.27. The topological polar surface area (TPSA) is 117 Å². The highest BCUT2D eigenvalue weighted by Crippen LogP contribution is 2.34. The molecule has 10 heteroatoms. The third-order valence-corrected chi connectivity index (χ3v) is 8.03. The third kappa shape index (κ3) is 5.75. The molecule has 0 spiro atoms. The van der Waals surface area contributed by atoms with Crippen LogP contribution in [-0.4, -0.2) is 69.6 Å². The van der Waals surface area contributed by atoms with Crippen LogP contribution in [0, 0.1) is 16.2 Å². The van der Waals surface area contributed by atoms with Gasteiger partial charge in [-0.25, -0.2) is 0 Å². The van der Waals surface area contributed by atoms with Gasteiger partial charge in [0.2, 0.25) is 0 Å². The van der Waals surface area contributed by atoms with E-state index in [4.69, 9.17) is 15.6 Å². The Morgan fingerprint density at radius 1 is 1.11 bits per heavy atom. The summed E-state index contributed by atoms with van der Waals surface area (Å²) < 4.78 is 7.38. The van der Waals surface area contributed by atoms with Crippen LogP contribution in [0.15, 0.2) is 41.9 Å². The van der Waals surface area contributed by atoms with E-state index in [1.165, 1.54) is 17.3 Å². The van der Waals surface area contributed by atoms with Crippen molar-refractivity contribution in [2.75, 3.05) is 37.7 Å². The molecule has 2 aromatic rings. The van der Waals surface area contributed by atoms with Gasteiger partial charge in [0.15, 0.2) is 5.17 Å². The molecule has 1 saturated heterocycles. The first-order valence-electron chi connectivity index (χ1n) is 13.0. The van der Waals surface area contributed by atoms with E-state index in [2.05, 4.69) is 33.5 Å². The molecule has 196 valence electrons. The van der Waals surface area contributed by atoms with Crippen LogP contribution in [0.1, 0.15) is 38.2 Å². The minimum Gasteiger partial charge on any atom is -0.385 e. The minimum absolute atomic E-state index is 0.353. The number of nitrogens with zero attached hydrogens (tertiary/aromatic N) is 4. The SMILES string of the molecule is CC(=N)SC(=N)N1CCC(NC2CCOCC2)=C(C(=N)N2CCCc3cc(-c4cnn(C)c4)ccc32)C1. The summed E-state index contributed by atoms with van der Waals surface area (Å²) in [6, 6.07) is 6.87. The molecule has 4 heterocycles. The summed E-state index contributed by atoms with van der Waals surface area (Å²) in [5.74, 6) is 0.513. The highest BCUT2D eigenvalue weighted by molar-refractivity contribution is 8.26. The van der Waals surface area contributed by atoms with Gasteiger partial charge in [0.25, 0.3) is 0 Å². The van der Waals surface area contributed by atoms with Crippen molar-refractivity contribution in [3.63, 3.8) is 0 Å². The second-order valence-electron chi connectivity index (χ2n) is 9.97. The number of fused-ring (bicyclic) bond motifs is 1. The average molecular weight is 521 g/mol. The molecule has 37 heavy (non-hydrogen) atoms. The fourth-order valence-electron chi connectivity index (χ4n) is 5.35. The van der Waals surface area contributed by atoms with E-state index in [-0.39, 0.29) is 0 Å². The van der Waals surface area contributed by atoms with Crippen LogP contribution in [0.2, 0.25) is 0 Å². The van der Waals surface area contributed by atoms with Crippen molar-refractivity contribution in [1.82, 2.24) is 20.0 Å². The molecule has 0 amide bonds. The Bertz CT molecular complexity index is 1230. The van der Waals surface area contributed by atoms with Gasteiger partial charge in [0.05, 0.1) is 17.8 Å². The van der Waals surface area contributed by atoms with Gasteiger partial charge in [-0.15, -0.1) is 0 Å². The first-order valence-corrected chi connectivity index (χ1v) is 13.8. The van der Waals surface area contributed by atoms with Crippen molar-refractivity contribution in [3.05, 3.63) is 47.4 Å². The number of anilines is 1. The van der Waals surface area contributed by atoms with Crippen molar-refractivity contribution in [3.8, 4) is 11.1 Å². The molecule has 0 radical (unpaired) electrons. The molecular formula is C27H36N8OS. The van der Waals surface area contributed by atoms with Crippen molar-refractivity contribution in [1.29, 1.82) is 16.2 Å². The molecule has 0 bridgehead atoms. The van der Waals surface area contributed by atoms with Crippen molar-refractivity contribution >= 4 is 33.5 Å². The van der Waals surface area contributed by atoms with E-state index in [1.54, 1.807) is 6.92 Å². The smallest absolute Gasteiger partial charge is 0.162 e. The summed E-state index contributed by atoms with van der Waals surface area (Å²) in [5, 5.41) is 34.6. The van der Waals surface area contributed by atoms with E-state index in [1.807, 2.05) is 29.0 Å². The number of thioether (sulfide) groups is 1. The summed E-state index contributed by atoms with van der Waals surface area (Å²) in [4.78, 5) is 4.15. The lowest BCUT2D eigenvalue weighted by atomic mass is 9.95. The molecule has 9 nitrogen and oxygen atoms in total. The lowest BCUT2D eigenvalue weighted by molar-refractivity contribution is 0.0799. The van der Waals surface area contributed by atoms with Gasteiger partial charge in [-0.1, -0.05) is 6.07 Å². The van der Waals surface area contributed by atoms with Crippen LogP contribution in [0.25, 0.3) is 11.1 Å². The second-order valence-corrected chi connectivity index (χ2v) is 11.2.